The van der Waals surface area contributed by atoms with Crippen LogP contribution in [-0.2, 0) is 9.53 Å². The zero-order valence-electron chi connectivity index (χ0n) is 11.4. The van der Waals surface area contributed by atoms with Crippen molar-refractivity contribution < 1.29 is 19.4 Å². The first-order chi connectivity index (χ1) is 9.60. The van der Waals surface area contributed by atoms with E-state index in [1.165, 1.54) is 0 Å². The van der Waals surface area contributed by atoms with Crippen molar-refractivity contribution in [2.45, 2.75) is 49.2 Å². The molecule has 2 amide bonds. The van der Waals surface area contributed by atoms with Gasteiger partial charge in [-0.15, -0.1) is 11.8 Å². The predicted molar refractivity (Wildman–Crippen MR) is 74.6 cm³/mol. The number of carboxylic acids is 1. The quantitative estimate of drug-likeness (QED) is 0.813. The maximum atomic E-state index is 12.4. The number of hydrogen-bond acceptors (Lipinski definition) is 4. The van der Waals surface area contributed by atoms with Crippen LogP contribution >= 0.6 is 11.8 Å². The van der Waals surface area contributed by atoms with Crippen molar-refractivity contribution in [2.75, 3.05) is 12.9 Å². The van der Waals surface area contributed by atoms with Crippen molar-refractivity contribution in [3.8, 4) is 0 Å². The number of aliphatic carboxylic acids is 1. The Morgan fingerprint density at radius 1 is 1.35 bits per heavy atom. The number of nitrogens with zero attached hydrogens (tertiary/aromatic N) is 1. The number of hydrogen-bond donors (Lipinski definition) is 2. The van der Waals surface area contributed by atoms with Gasteiger partial charge >= 0.3 is 12.0 Å². The Bertz CT molecular complexity index is 409. The number of thioether (sulfide) groups is 1. The third kappa shape index (κ3) is 2.61. The summed E-state index contributed by atoms with van der Waals surface area (Å²) < 4.78 is 5.19. The van der Waals surface area contributed by atoms with Gasteiger partial charge in [-0.2, -0.15) is 0 Å². The van der Waals surface area contributed by atoms with E-state index in [9.17, 15) is 14.7 Å². The normalized spacial score (nSPS) is 36.5. The van der Waals surface area contributed by atoms with E-state index in [0.717, 1.165) is 25.7 Å². The molecule has 1 aliphatic heterocycles. The summed E-state index contributed by atoms with van der Waals surface area (Å²) in [5.41, 5.74) is 0. The van der Waals surface area contributed by atoms with E-state index in [-0.39, 0.29) is 23.6 Å². The van der Waals surface area contributed by atoms with Crippen LogP contribution in [0.15, 0.2) is 0 Å². The highest BCUT2D eigenvalue weighted by Crippen LogP contribution is 2.45. The molecule has 7 heteroatoms. The van der Waals surface area contributed by atoms with Gasteiger partial charge in [-0.05, 0) is 31.6 Å². The van der Waals surface area contributed by atoms with Gasteiger partial charge < -0.3 is 15.2 Å². The fourth-order valence-electron chi connectivity index (χ4n) is 2.84. The number of urea groups is 1. The second-order valence-corrected chi connectivity index (χ2v) is 6.95. The molecule has 2 N–H and O–H groups in total. The number of amides is 2. The maximum absolute atomic E-state index is 12.4. The minimum Gasteiger partial charge on any atom is -0.480 e. The molecule has 0 aromatic carbocycles. The van der Waals surface area contributed by atoms with Gasteiger partial charge in [-0.1, -0.05) is 0 Å². The molecule has 0 spiro atoms. The first kappa shape index (κ1) is 14.0. The largest absolute Gasteiger partial charge is 0.480 e. The molecule has 112 valence electrons. The van der Waals surface area contributed by atoms with Gasteiger partial charge in [0, 0.05) is 18.9 Å². The summed E-state index contributed by atoms with van der Waals surface area (Å²) in [6.07, 6.45) is 4.05. The Kier molecular flexibility index (Phi) is 3.81. The van der Waals surface area contributed by atoms with Gasteiger partial charge in [-0.3, -0.25) is 4.90 Å². The topological polar surface area (TPSA) is 78.9 Å². The smallest absolute Gasteiger partial charge is 0.327 e. The Balaban J connectivity index is 1.62. The molecule has 20 heavy (non-hydrogen) atoms. The Morgan fingerprint density at radius 3 is 2.60 bits per heavy atom. The highest BCUT2D eigenvalue weighted by Gasteiger charge is 2.48. The number of carbonyl (C=O) groups is 2. The highest BCUT2D eigenvalue weighted by atomic mass is 32.2. The van der Waals surface area contributed by atoms with E-state index in [1.807, 2.05) is 0 Å². The first-order valence-electron chi connectivity index (χ1n) is 7.06. The molecule has 1 heterocycles. The minimum absolute atomic E-state index is 0.0365. The molecule has 3 rings (SSSR count). The molecule has 3 aliphatic rings. The van der Waals surface area contributed by atoms with Crippen LogP contribution in [0, 0.1) is 5.92 Å². The lowest BCUT2D eigenvalue weighted by atomic mass is 9.89. The zero-order valence-corrected chi connectivity index (χ0v) is 12.3. The average molecular weight is 300 g/mol. The van der Waals surface area contributed by atoms with Crippen LogP contribution in [-0.4, -0.2) is 58.4 Å². The molecule has 1 saturated heterocycles. The number of rotatable bonds is 4. The summed E-state index contributed by atoms with van der Waals surface area (Å²) in [7, 11) is 1.67. The van der Waals surface area contributed by atoms with Crippen LogP contribution < -0.4 is 5.32 Å². The Labute approximate surface area is 122 Å². The minimum atomic E-state index is -0.904. The lowest BCUT2D eigenvalue weighted by Gasteiger charge is -2.37. The lowest BCUT2D eigenvalue weighted by Crippen LogP contribution is -2.56. The molecule has 0 radical (unpaired) electrons. The summed E-state index contributed by atoms with van der Waals surface area (Å²) in [5, 5.41) is 12.3. The van der Waals surface area contributed by atoms with E-state index in [1.54, 1.807) is 23.8 Å². The van der Waals surface area contributed by atoms with Crippen molar-refractivity contribution in [1.29, 1.82) is 0 Å². The van der Waals surface area contributed by atoms with E-state index in [0.29, 0.717) is 11.7 Å². The average Bonchev–Trinajstić information content (AvgIpc) is 3.11. The standard InChI is InChI=1S/C13H20N2O4S/c1-19-9-4-8(5-9)14-13(18)15-10(12(16)17)6-20-11(15)7-2-3-7/h7-11H,2-6H2,1H3,(H,14,18)(H,16,17). The van der Waals surface area contributed by atoms with Crippen molar-refractivity contribution in [3.05, 3.63) is 0 Å². The van der Waals surface area contributed by atoms with Crippen LogP contribution in [0.25, 0.3) is 0 Å². The number of carbonyl (C=O) groups excluding carboxylic acids is 1. The van der Waals surface area contributed by atoms with Crippen molar-refractivity contribution >= 4 is 23.8 Å². The third-order valence-corrected chi connectivity index (χ3v) is 5.80. The number of carboxylic acid groups (broad SMARTS) is 1. The summed E-state index contributed by atoms with van der Waals surface area (Å²) in [6.45, 7) is 0. The molecule has 2 unspecified atom stereocenters. The predicted octanol–water partition coefficient (Wildman–Crippen LogP) is 1.11. The fourth-order valence-corrected chi connectivity index (χ4v) is 4.47. The molecule has 0 aromatic rings. The van der Waals surface area contributed by atoms with Crippen molar-refractivity contribution in [3.63, 3.8) is 0 Å². The van der Waals surface area contributed by atoms with Gasteiger partial charge in [0.1, 0.15) is 6.04 Å². The molecule has 2 aliphatic carbocycles. The zero-order chi connectivity index (χ0) is 14.3. The van der Waals surface area contributed by atoms with Crippen LogP contribution in [0.1, 0.15) is 25.7 Å². The van der Waals surface area contributed by atoms with Gasteiger partial charge in [-0.25, -0.2) is 9.59 Å². The molecular weight excluding hydrogens is 280 g/mol. The number of methoxy groups -OCH3 is 1. The summed E-state index contributed by atoms with van der Waals surface area (Å²) >= 11 is 1.60. The van der Waals surface area contributed by atoms with Gasteiger partial charge in [0.15, 0.2) is 0 Å². The molecule has 6 nitrogen and oxygen atoms in total. The van der Waals surface area contributed by atoms with Crippen LogP contribution in [0.4, 0.5) is 4.79 Å². The molecule has 2 saturated carbocycles. The first-order valence-corrected chi connectivity index (χ1v) is 8.11. The Morgan fingerprint density at radius 2 is 2.05 bits per heavy atom. The van der Waals surface area contributed by atoms with E-state index >= 15 is 0 Å². The van der Waals surface area contributed by atoms with Gasteiger partial charge in [0.25, 0.3) is 0 Å². The van der Waals surface area contributed by atoms with Crippen LogP contribution in [0.2, 0.25) is 0 Å². The molecule has 2 atom stereocenters. The van der Waals surface area contributed by atoms with Gasteiger partial charge in [0.05, 0.1) is 11.5 Å². The molecule has 0 aromatic heterocycles. The summed E-state index contributed by atoms with van der Waals surface area (Å²) in [4.78, 5) is 25.3. The van der Waals surface area contributed by atoms with E-state index in [2.05, 4.69) is 5.32 Å². The second-order valence-electron chi connectivity index (χ2n) is 5.80. The number of ether oxygens (including phenoxy) is 1. The third-order valence-electron chi connectivity index (χ3n) is 4.34. The Hall–Kier alpha value is -0.950. The fraction of sp³-hybridized carbons (Fsp3) is 0.846. The summed E-state index contributed by atoms with van der Waals surface area (Å²) in [6, 6.07) is -0.796. The molecule has 0 bridgehead atoms. The van der Waals surface area contributed by atoms with E-state index in [4.69, 9.17) is 4.74 Å². The molecule has 3 fully saturated rings. The van der Waals surface area contributed by atoms with Crippen LogP contribution in [0.3, 0.4) is 0 Å². The SMILES string of the molecule is COC1CC(NC(=O)N2C(C(=O)O)CSC2C2CC2)C1. The van der Waals surface area contributed by atoms with Crippen molar-refractivity contribution in [2.24, 2.45) is 5.92 Å². The summed E-state index contributed by atoms with van der Waals surface area (Å²) in [5.74, 6) is 0.0670. The maximum Gasteiger partial charge on any atom is 0.327 e. The van der Waals surface area contributed by atoms with Gasteiger partial charge in [0.2, 0.25) is 0 Å². The lowest BCUT2D eigenvalue weighted by molar-refractivity contribution is -0.141. The second kappa shape index (κ2) is 5.44. The number of nitrogens with one attached hydrogen (secondary N) is 1. The van der Waals surface area contributed by atoms with E-state index < -0.39 is 12.0 Å². The highest BCUT2D eigenvalue weighted by molar-refractivity contribution is 8.00. The van der Waals surface area contributed by atoms with Crippen molar-refractivity contribution in [1.82, 2.24) is 10.2 Å². The molecular formula is C13H20N2O4S. The monoisotopic (exact) mass is 300 g/mol. The van der Waals surface area contributed by atoms with Crippen LogP contribution in [0.5, 0.6) is 0 Å².